The van der Waals surface area contributed by atoms with Gasteiger partial charge in [-0.15, -0.1) is 0 Å². The van der Waals surface area contributed by atoms with Gasteiger partial charge < -0.3 is 0 Å². The summed E-state index contributed by atoms with van der Waals surface area (Å²) in [6.45, 7) is 10.9. The zero-order valence-corrected chi connectivity index (χ0v) is 11.9. The quantitative estimate of drug-likeness (QED) is 0.515. The van der Waals surface area contributed by atoms with Crippen molar-refractivity contribution in [2.24, 2.45) is 17.3 Å². The van der Waals surface area contributed by atoms with Crippen LogP contribution in [0.5, 0.6) is 0 Å². The normalized spacial score (nSPS) is 24.1. The smallest absolute Gasteiger partial charge is 0.155 e. The third kappa shape index (κ3) is 4.14. The Hall–Kier alpha value is -0.850. The SMILES string of the molecule is CC1=CCCC(C)(C)C1C=CC(=O)CC(C)C. The van der Waals surface area contributed by atoms with E-state index in [2.05, 4.69) is 46.8 Å². The van der Waals surface area contributed by atoms with Crippen molar-refractivity contribution in [3.8, 4) is 0 Å². The lowest BCUT2D eigenvalue weighted by Crippen LogP contribution is -2.26. The summed E-state index contributed by atoms with van der Waals surface area (Å²) >= 11 is 0. The molecule has 0 spiro atoms. The fourth-order valence-electron chi connectivity index (χ4n) is 2.66. The van der Waals surface area contributed by atoms with E-state index in [0.29, 0.717) is 18.3 Å². The molecule has 1 aliphatic rings. The number of carbonyl (C=O) groups excluding carboxylic acids is 1. The lowest BCUT2D eigenvalue weighted by molar-refractivity contribution is -0.115. The van der Waals surface area contributed by atoms with Gasteiger partial charge in [-0.3, -0.25) is 4.79 Å². The van der Waals surface area contributed by atoms with Crippen molar-refractivity contribution in [3.05, 3.63) is 23.8 Å². The van der Waals surface area contributed by atoms with Gasteiger partial charge in [0.05, 0.1) is 0 Å². The first kappa shape index (κ1) is 14.2. The number of allylic oxidation sites excluding steroid dienone is 4. The van der Waals surface area contributed by atoms with Crippen LogP contribution < -0.4 is 0 Å². The molecular formula is C16H26O. The number of ketones is 1. The van der Waals surface area contributed by atoms with Crippen LogP contribution in [0.25, 0.3) is 0 Å². The molecule has 0 saturated heterocycles. The second-order valence-electron chi connectivity index (χ2n) is 6.38. The fourth-order valence-corrected chi connectivity index (χ4v) is 2.66. The molecule has 0 aromatic carbocycles. The second-order valence-corrected chi connectivity index (χ2v) is 6.38. The van der Waals surface area contributed by atoms with Crippen LogP contribution in [0, 0.1) is 17.3 Å². The largest absolute Gasteiger partial charge is 0.295 e. The molecule has 1 atom stereocenters. The Morgan fingerprint density at radius 2 is 2.18 bits per heavy atom. The van der Waals surface area contributed by atoms with E-state index in [1.165, 1.54) is 18.4 Å². The first-order valence-electron chi connectivity index (χ1n) is 6.70. The van der Waals surface area contributed by atoms with E-state index in [0.717, 1.165) is 0 Å². The van der Waals surface area contributed by atoms with E-state index < -0.39 is 0 Å². The first-order chi connectivity index (χ1) is 7.83. The minimum atomic E-state index is 0.258. The maximum atomic E-state index is 11.7. The Labute approximate surface area is 106 Å². The van der Waals surface area contributed by atoms with Crippen LogP contribution >= 0.6 is 0 Å². The van der Waals surface area contributed by atoms with E-state index in [4.69, 9.17) is 0 Å². The predicted octanol–water partition coefficient (Wildman–Crippen LogP) is 4.54. The van der Waals surface area contributed by atoms with Crippen LogP contribution in [-0.2, 0) is 4.79 Å². The molecular weight excluding hydrogens is 208 g/mol. The molecule has 96 valence electrons. The molecule has 0 aromatic heterocycles. The van der Waals surface area contributed by atoms with Gasteiger partial charge in [0.15, 0.2) is 5.78 Å². The number of hydrogen-bond acceptors (Lipinski definition) is 1. The minimum Gasteiger partial charge on any atom is -0.295 e. The maximum Gasteiger partial charge on any atom is 0.155 e. The van der Waals surface area contributed by atoms with Gasteiger partial charge in [0.25, 0.3) is 0 Å². The predicted molar refractivity (Wildman–Crippen MR) is 73.9 cm³/mol. The van der Waals surface area contributed by atoms with Crippen LogP contribution in [0.15, 0.2) is 23.8 Å². The average Bonchev–Trinajstić information content (AvgIpc) is 2.14. The zero-order valence-electron chi connectivity index (χ0n) is 11.9. The summed E-state index contributed by atoms with van der Waals surface area (Å²) in [6.07, 6.45) is 9.27. The standard InChI is InChI=1S/C16H26O/c1-12(2)11-14(17)8-9-15-13(3)7-6-10-16(15,4)5/h7-9,12,15H,6,10-11H2,1-5H3. The lowest BCUT2D eigenvalue weighted by Gasteiger charge is -2.36. The number of hydrogen-bond donors (Lipinski definition) is 0. The van der Waals surface area contributed by atoms with Crippen LogP contribution in [0.3, 0.4) is 0 Å². The Bertz CT molecular complexity index is 331. The van der Waals surface area contributed by atoms with Crippen LogP contribution in [-0.4, -0.2) is 5.78 Å². The summed E-state index contributed by atoms with van der Waals surface area (Å²) in [5.74, 6) is 1.13. The van der Waals surface area contributed by atoms with Crippen LogP contribution in [0.1, 0.15) is 53.9 Å². The molecule has 0 aliphatic heterocycles. The maximum absolute atomic E-state index is 11.7. The second kappa shape index (κ2) is 5.66. The van der Waals surface area contributed by atoms with Crippen molar-refractivity contribution in [2.45, 2.75) is 53.9 Å². The van der Waals surface area contributed by atoms with Crippen molar-refractivity contribution >= 4 is 5.78 Å². The topological polar surface area (TPSA) is 17.1 Å². The summed E-state index contributed by atoms with van der Waals surface area (Å²) in [5, 5.41) is 0. The molecule has 0 bridgehead atoms. The lowest BCUT2D eigenvalue weighted by atomic mass is 9.68. The van der Waals surface area contributed by atoms with Crippen LogP contribution in [0.4, 0.5) is 0 Å². The van der Waals surface area contributed by atoms with E-state index in [-0.39, 0.29) is 11.2 Å². The molecule has 0 fully saturated rings. The van der Waals surface area contributed by atoms with Crippen molar-refractivity contribution in [2.75, 3.05) is 0 Å². The van der Waals surface area contributed by atoms with E-state index >= 15 is 0 Å². The molecule has 1 rings (SSSR count). The first-order valence-corrected chi connectivity index (χ1v) is 6.70. The molecule has 0 radical (unpaired) electrons. The third-order valence-corrected chi connectivity index (χ3v) is 3.67. The Morgan fingerprint density at radius 1 is 1.53 bits per heavy atom. The molecule has 0 N–H and O–H groups in total. The summed E-state index contributed by atoms with van der Waals surface area (Å²) in [4.78, 5) is 11.7. The minimum absolute atomic E-state index is 0.258. The Balaban J connectivity index is 2.71. The van der Waals surface area contributed by atoms with Gasteiger partial charge in [-0.25, -0.2) is 0 Å². The summed E-state index contributed by atoms with van der Waals surface area (Å²) in [6, 6.07) is 0. The van der Waals surface area contributed by atoms with Gasteiger partial charge >= 0.3 is 0 Å². The molecule has 1 aliphatic carbocycles. The molecule has 0 heterocycles. The zero-order chi connectivity index (χ0) is 13.1. The van der Waals surface area contributed by atoms with Crippen molar-refractivity contribution in [3.63, 3.8) is 0 Å². The Morgan fingerprint density at radius 3 is 2.71 bits per heavy atom. The number of carbonyl (C=O) groups is 1. The third-order valence-electron chi connectivity index (χ3n) is 3.67. The van der Waals surface area contributed by atoms with Gasteiger partial charge in [0.2, 0.25) is 0 Å². The fraction of sp³-hybridized carbons (Fsp3) is 0.688. The molecule has 0 amide bonds. The highest BCUT2D eigenvalue weighted by Crippen LogP contribution is 2.41. The van der Waals surface area contributed by atoms with Crippen molar-refractivity contribution < 1.29 is 4.79 Å². The highest BCUT2D eigenvalue weighted by molar-refractivity contribution is 5.89. The molecule has 0 saturated carbocycles. The van der Waals surface area contributed by atoms with Gasteiger partial charge in [-0.1, -0.05) is 45.4 Å². The molecule has 0 aromatic rings. The van der Waals surface area contributed by atoms with Crippen molar-refractivity contribution in [1.29, 1.82) is 0 Å². The van der Waals surface area contributed by atoms with E-state index in [1.807, 2.05) is 0 Å². The summed E-state index contributed by atoms with van der Waals surface area (Å²) < 4.78 is 0. The Kier molecular flexibility index (Phi) is 4.73. The van der Waals surface area contributed by atoms with E-state index in [1.54, 1.807) is 6.08 Å². The van der Waals surface area contributed by atoms with Crippen LogP contribution in [0.2, 0.25) is 0 Å². The van der Waals surface area contributed by atoms with Crippen molar-refractivity contribution in [1.82, 2.24) is 0 Å². The van der Waals surface area contributed by atoms with E-state index in [9.17, 15) is 4.79 Å². The highest BCUT2D eigenvalue weighted by atomic mass is 16.1. The summed E-state index contributed by atoms with van der Waals surface area (Å²) in [7, 11) is 0. The van der Waals surface area contributed by atoms with Gasteiger partial charge in [0.1, 0.15) is 0 Å². The van der Waals surface area contributed by atoms with Gasteiger partial charge in [-0.2, -0.15) is 0 Å². The molecule has 1 nitrogen and oxygen atoms in total. The molecule has 1 heteroatoms. The van der Waals surface area contributed by atoms with Gasteiger partial charge in [0, 0.05) is 12.3 Å². The van der Waals surface area contributed by atoms with Gasteiger partial charge in [-0.05, 0) is 37.2 Å². The summed E-state index contributed by atoms with van der Waals surface area (Å²) in [5.41, 5.74) is 1.70. The monoisotopic (exact) mass is 234 g/mol. The molecule has 17 heavy (non-hydrogen) atoms. The molecule has 1 unspecified atom stereocenters. The number of rotatable bonds is 4. The highest BCUT2D eigenvalue weighted by Gasteiger charge is 2.30. The average molecular weight is 234 g/mol.